The average molecular weight is 408 g/mol. The highest BCUT2D eigenvalue weighted by Gasteiger charge is 2.29. The third kappa shape index (κ3) is 5.17. The van der Waals surface area contributed by atoms with E-state index in [-0.39, 0.29) is 18.4 Å². The van der Waals surface area contributed by atoms with Gasteiger partial charge in [-0.15, -0.1) is 22.7 Å². The molecule has 3 N–H and O–H groups in total. The van der Waals surface area contributed by atoms with Crippen LogP contribution in [-0.4, -0.2) is 29.2 Å². The summed E-state index contributed by atoms with van der Waals surface area (Å²) in [6, 6.07) is 3.85. The van der Waals surface area contributed by atoms with E-state index in [1.807, 2.05) is 45.2 Å². The third-order valence-electron chi connectivity index (χ3n) is 4.07. The Morgan fingerprint density at radius 2 is 1.89 bits per heavy atom. The molecule has 146 valence electrons. The van der Waals surface area contributed by atoms with Crippen LogP contribution in [0.1, 0.15) is 46.4 Å². The molecule has 0 radical (unpaired) electrons. The lowest BCUT2D eigenvalue weighted by Gasteiger charge is -2.28. The summed E-state index contributed by atoms with van der Waals surface area (Å²) in [5.41, 5.74) is 5.95. The SMILES string of the molecule is Cc1sc(NC(=O)CN(Cc2cccs2)C(=O)C(C)(C)C)c(C(N)=O)c1C. The second-order valence-electron chi connectivity index (χ2n) is 7.39. The summed E-state index contributed by atoms with van der Waals surface area (Å²) in [5.74, 6) is -1.04. The van der Waals surface area contributed by atoms with Crippen LogP contribution in [0.2, 0.25) is 0 Å². The molecule has 27 heavy (non-hydrogen) atoms. The van der Waals surface area contributed by atoms with E-state index in [4.69, 9.17) is 5.73 Å². The van der Waals surface area contributed by atoms with Gasteiger partial charge in [-0.25, -0.2) is 0 Å². The molecule has 2 rings (SSSR count). The summed E-state index contributed by atoms with van der Waals surface area (Å²) >= 11 is 2.85. The number of carbonyl (C=O) groups is 3. The average Bonchev–Trinajstić information content (AvgIpc) is 3.13. The van der Waals surface area contributed by atoms with E-state index in [2.05, 4.69) is 5.32 Å². The smallest absolute Gasteiger partial charge is 0.251 e. The number of hydrogen-bond donors (Lipinski definition) is 2. The van der Waals surface area contributed by atoms with Gasteiger partial charge in [0.05, 0.1) is 12.1 Å². The van der Waals surface area contributed by atoms with Crippen LogP contribution >= 0.6 is 22.7 Å². The zero-order chi connectivity index (χ0) is 20.4. The summed E-state index contributed by atoms with van der Waals surface area (Å²) in [5, 5.41) is 5.13. The van der Waals surface area contributed by atoms with E-state index in [1.165, 1.54) is 22.7 Å². The van der Waals surface area contributed by atoms with Crippen molar-refractivity contribution in [2.75, 3.05) is 11.9 Å². The number of carbonyl (C=O) groups excluding carboxylic acids is 3. The molecule has 2 aromatic heterocycles. The van der Waals surface area contributed by atoms with Gasteiger partial charge in [0.15, 0.2) is 0 Å². The zero-order valence-electron chi connectivity index (χ0n) is 16.2. The Bertz CT molecular complexity index is 848. The van der Waals surface area contributed by atoms with Gasteiger partial charge >= 0.3 is 0 Å². The standard InChI is InChI=1S/C19H25N3O3S2/c1-11-12(2)27-17(15(11)16(20)24)21-14(23)10-22(18(25)19(3,4)5)9-13-7-6-8-26-13/h6-8H,9-10H2,1-5H3,(H2,20,24)(H,21,23). The molecule has 0 aliphatic heterocycles. The fraction of sp³-hybridized carbons (Fsp3) is 0.421. The van der Waals surface area contributed by atoms with Gasteiger partial charge in [-0.3, -0.25) is 14.4 Å². The topological polar surface area (TPSA) is 92.5 Å². The Labute approximate surface area is 167 Å². The van der Waals surface area contributed by atoms with Gasteiger partial charge in [0, 0.05) is 15.2 Å². The molecule has 2 aromatic rings. The van der Waals surface area contributed by atoms with Gasteiger partial charge in [-0.1, -0.05) is 26.8 Å². The summed E-state index contributed by atoms with van der Waals surface area (Å²) in [7, 11) is 0. The molecular weight excluding hydrogens is 382 g/mol. The lowest BCUT2D eigenvalue weighted by Crippen LogP contribution is -2.43. The molecule has 0 atom stereocenters. The number of primary amides is 1. The highest BCUT2D eigenvalue weighted by Crippen LogP contribution is 2.32. The van der Waals surface area contributed by atoms with Crippen LogP contribution in [0.3, 0.4) is 0 Å². The maximum Gasteiger partial charge on any atom is 0.251 e. The van der Waals surface area contributed by atoms with Crippen molar-refractivity contribution in [1.82, 2.24) is 4.90 Å². The molecule has 0 aliphatic rings. The molecule has 0 fully saturated rings. The zero-order valence-corrected chi connectivity index (χ0v) is 17.8. The van der Waals surface area contributed by atoms with E-state index < -0.39 is 11.3 Å². The molecule has 2 heterocycles. The van der Waals surface area contributed by atoms with Crippen LogP contribution in [0.15, 0.2) is 17.5 Å². The molecule has 0 spiro atoms. The largest absolute Gasteiger partial charge is 0.365 e. The maximum atomic E-state index is 12.8. The fourth-order valence-corrected chi connectivity index (χ4v) is 4.42. The first-order valence-electron chi connectivity index (χ1n) is 8.52. The van der Waals surface area contributed by atoms with Crippen LogP contribution < -0.4 is 11.1 Å². The van der Waals surface area contributed by atoms with Crippen molar-refractivity contribution in [2.24, 2.45) is 11.1 Å². The van der Waals surface area contributed by atoms with Crippen molar-refractivity contribution in [2.45, 2.75) is 41.2 Å². The minimum absolute atomic E-state index is 0.0950. The Morgan fingerprint density at radius 1 is 1.22 bits per heavy atom. The lowest BCUT2D eigenvalue weighted by molar-refractivity contribution is -0.142. The highest BCUT2D eigenvalue weighted by atomic mass is 32.1. The van der Waals surface area contributed by atoms with Crippen molar-refractivity contribution in [3.63, 3.8) is 0 Å². The van der Waals surface area contributed by atoms with Gasteiger partial charge in [-0.2, -0.15) is 0 Å². The first-order valence-corrected chi connectivity index (χ1v) is 10.2. The second kappa shape index (κ2) is 8.22. The van der Waals surface area contributed by atoms with E-state index >= 15 is 0 Å². The second-order valence-corrected chi connectivity index (χ2v) is 9.65. The number of nitrogens with zero attached hydrogens (tertiary/aromatic N) is 1. The first-order chi connectivity index (χ1) is 12.5. The summed E-state index contributed by atoms with van der Waals surface area (Å²) in [6.07, 6.45) is 0. The lowest BCUT2D eigenvalue weighted by atomic mass is 9.94. The van der Waals surface area contributed by atoms with Crippen LogP contribution in [0.5, 0.6) is 0 Å². The van der Waals surface area contributed by atoms with Crippen molar-refractivity contribution in [1.29, 1.82) is 0 Å². The maximum absolute atomic E-state index is 12.8. The molecule has 0 saturated carbocycles. The van der Waals surface area contributed by atoms with Crippen LogP contribution in [0.25, 0.3) is 0 Å². The molecule has 3 amide bonds. The summed E-state index contributed by atoms with van der Waals surface area (Å²) in [4.78, 5) is 40.6. The summed E-state index contributed by atoms with van der Waals surface area (Å²) < 4.78 is 0. The number of anilines is 1. The van der Waals surface area contributed by atoms with E-state index in [0.29, 0.717) is 17.1 Å². The predicted molar refractivity (Wildman–Crippen MR) is 110 cm³/mol. The molecule has 0 aliphatic carbocycles. The third-order valence-corrected chi connectivity index (χ3v) is 6.06. The van der Waals surface area contributed by atoms with E-state index in [0.717, 1.165) is 15.3 Å². The molecule has 6 nitrogen and oxygen atoms in total. The minimum atomic E-state index is -0.605. The number of thiophene rings is 2. The Morgan fingerprint density at radius 3 is 2.41 bits per heavy atom. The van der Waals surface area contributed by atoms with Crippen molar-refractivity contribution in [3.8, 4) is 0 Å². The Hall–Kier alpha value is -2.19. The fourth-order valence-electron chi connectivity index (χ4n) is 2.62. The number of nitrogens with one attached hydrogen (secondary N) is 1. The van der Waals surface area contributed by atoms with Gasteiger partial charge in [-0.05, 0) is 30.9 Å². The number of hydrogen-bond acceptors (Lipinski definition) is 5. The van der Waals surface area contributed by atoms with Gasteiger partial charge in [0.2, 0.25) is 11.8 Å². The quantitative estimate of drug-likeness (QED) is 0.767. The van der Waals surface area contributed by atoms with E-state index in [9.17, 15) is 14.4 Å². The number of nitrogens with two attached hydrogens (primary N) is 1. The Kier molecular flexibility index (Phi) is 6.43. The van der Waals surface area contributed by atoms with E-state index in [1.54, 1.807) is 11.8 Å². The van der Waals surface area contributed by atoms with Gasteiger partial charge < -0.3 is 16.0 Å². The molecule has 0 aromatic carbocycles. The first kappa shape index (κ1) is 21.1. The molecule has 0 unspecified atom stereocenters. The predicted octanol–water partition coefficient (Wildman–Crippen LogP) is 3.54. The number of rotatable bonds is 6. The highest BCUT2D eigenvalue weighted by molar-refractivity contribution is 7.16. The minimum Gasteiger partial charge on any atom is -0.365 e. The molecular formula is C19H25N3O3S2. The number of aryl methyl sites for hydroxylation is 1. The number of amides is 3. The van der Waals surface area contributed by atoms with Crippen molar-refractivity contribution in [3.05, 3.63) is 38.4 Å². The van der Waals surface area contributed by atoms with Crippen molar-refractivity contribution < 1.29 is 14.4 Å². The normalized spacial score (nSPS) is 11.3. The van der Waals surface area contributed by atoms with Gasteiger partial charge in [0.1, 0.15) is 11.5 Å². The molecule has 8 heteroatoms. The Balaban J connectivity index is 2.20. The monoisotopic (exact) mass is 407 g/mol. The van der Waals surface area contributed by atoms with Crippen LogP contribution in [0.4, 0.5) is 5.00 Å². The molecule has 0 bridgehead atoms. The summed E-state index contributed by atoms with van der Waals surface area (Å²) in [6.45, 7) is 9.42. The van der Waals surface area contributed by atoms with Crippen LogP contribution in [-0.2, 0) is 16.1 Å². The van der Waals surface area contributed by atoms with Crippen molar-refractivity contribution >= 4 is 45.4 Å². The molecule has 0 saturated heterocycles. The van der Waals surface area contributed by atoms with Gasteiger partial charge in [0.25, 0.3) is 5.91 Å². The van der Waals surface area contributed by atoms with Crippen LogP contribution in [0, 0.1) is 19.3 Å².